The van der Waals surface area contributed by atoms with Crippen LogP contribution in [0.2, 0.25) is 0 Å². The molecule has 0 saturated carbocycles. The summed E-state index contributed by atoms with van der Waals surface area (Å²) in [5.41, 5.74) is -1.84. The van der Waals surface area contributed by atoms with Gasteiger partial charge in [-0.2, -0.15) is 31.4 Å². The molecule has 0 spiro atoms. The van der Waals surface area contributed by atoms with E-state index in [2.05, 4.69) is 10.1 Å². The molecule has 0 atom stereocenters. The molecule has 0 fully saturated rings. The number of hydrogen-bond donors (Lipinski definition) is 0. The summed E-state index contributed by atoms with van der Waals surface area (Å²) in [6.45, 7) is -0.907. The zero-order chi connectivity index (χ0) is 20.0. The minimum atomic E-state index is -4.80. The maximum atomic E-state index is 13.3. The van der Waals surface area contributed by atoms with Gasteiger partial charge in [0.2, 0.25) is 10.9 Å². The number of carbonyl (C=O) groups is 1. The monoisotopic (exact) mass is 414 g/mol. The molecule has 1 amide bonds. The molecule has 3 heterocycles. The van der Waals surface area contributed by atoms with Crippen molar-refractivity contribution in [3.8, 4) is 0 Å². The Morgan fingerprint density at radius 2 is 1.96 bits per heavy atom. The molecule has 13 heteroatoms. The number of methoxy groups -OCH3 is 1. The number of alkyl halides is 6. The first-order chi connectivity index (χ1) is 12.5. The van der Waals surface area contributed by atoms with Gasteiger partial charge in [0.05, 0.1) is 25.3 Å². The van der Waals surface area contributed by atoms with Gasteiger partial charge in [0.1, 0.15) is 5.01 Å². The van der Waals surface area contributed by atoms with Crippen molar-refractivity contribution in [2.45, 2.75) is 31.9 Å². The maximum absolute atomic E-state index is 13.3. The number of ether oxygens (including phenoxy) is 1. The van der Waals surface area contributed by atoms with E-state index in [1.807, 2.05) is 0 Å². The number of fused-ring (bicyclic) bond motifs is 1. The molecule has 0 N–H and O–H groups in total. The van der Waals surface area contributed by atoms with Gasteiger partial charge in [-0.1, -0.05) is 11.3 Å². The Labute approximate surface area is 152 Å². The lowest BCUT2D eigenvalue weighted by Gasteiger charge is -2.17. The van der Waals surface area contributed by atoms with Gasteiger partial charge in [-0.3, -0.25) is 4.79 Å². The van der Waals surface area contributed by atoms with E-state index in [1.165, 1.54) is 7.11 Å². The van der Waals surface area contributed by atoms with Crippen LogP contribution in [-0.2, 0) is 28.9 Å². The minimum absolute atomic E-state index is 0.0421. The molecule has 2 aromatic rings. The van der Waals surface area contributed by atoms with Crippen molar-refractivity contribution in [3.05, 3.63) is 28.0 Å². The molecule has 0 saturated heterocycles. The second kappa shape index (κ2) is 6.78. The molecule has 6 nitrogen and oxygen atoms in total. The molecule has 0 bridgehead atoms. The number of carbonyl (C=O) groups excluding carboxylic acids is 1. The normalized spacial score (nSPS) is 15.9. The quantitative estimate of drug-likeness (QED) is 0.706. The van der Waals surface area contributed by atoms with Gasteiger partial charge < -0.3 is 9.64 Å². The van der Waals surface area contributed by atoms with Gasteiger partial charge in [0, 0.05) is 19.7 Å². The molecule has 148 valence electrons. The second-order valence-corrected chi connectivity index (χ2v) is 6.86. The fraction of sp³-hybridized carbons (Fsp3) is 0.500. The largest absolute Gasteiger partial charge is 0.435 e. The van der Waals surface area contributed by atoms with Gasteiger partial charge >= 0.3 is 12.4 Å². The standard InChI is InChI=1S/C14H12F6N4O2S/c1-26-6-9-22-24-8(11(14(18,19)20)21-12(24)27-9)5-23-4-7(2-10(23)25)3-13(15,16)17/h2H,3-6H2,1H3. The highest BCUT2D eigenvalue weighted by Gasteiger charge is 2.40. The summed E-state index contributed by atoms with van der Waals surface area (Å²) < 4.78 is 83.2. The summed E-state index contributed by atoms with van der Waals surface area (Å²) in [5.74, 6) is -0.787. The molecule has 1 aliphatic rings. The smallest absolute Gasteiger partial charge is 0.377 e. The maximum Gasteiger partial charge on any atom is 0.435 e. The van der Waals surface area contributed by atoms with E-state index < -0.39 is 49.2 Å². The van der Waals surface area contributed by atoms with Crippen LogP contribution < -0.4 is 0 Å². The number of amides is 1. The van der Waals surface area contributed by atoms with E-state index in [-0.39, 0.29) is 17.1 Å². The summed E-state index contributed by atoms with van der Waals surface area (Å²) in [6, 6.07) is 0. The van der Waals surface area contributed by atoms with Crippen molar-refractivity contribution in [1.29, 1.82) is 0 Å². The van der Waals surface area contributed by atoms with Crippen molar-refractivity contribution in [2.24, 2.45) is 0 Å². The van der Waals surface area contributed by atoms with E-state index in [0.29, 0.717) is 5.01 Å². The van der Waals surface area contributed by atoms with Crippen LogP contribution in [0, 0.1) is 0 Å². The average Bonchev–Trinajstić information content (AvgIpc) is 3.12. The summed E-state index contributed by atoms with van der Waals surface area (Å²) in [4.78, 5) is 16.3. The number of halogens is 6. The van der Waals surface area contributed by atoms with E-state index >= 15 is 0 Å². The number of imidazole rings is 1. The number of aromatic nitrogens is 3. The van der Waals surface area contributed by atoms with E-state index in [0.717, 1.165) is 26.8 Å². The van der Waals surface area contributed by atoms with Gasteiger partial charge in [0.15, 0.2) is 5.69 Å². The summed E-state index contributed by atoms with van der Waals surface area (Å²) >= 11 is 0.891. The van der Waals surface area contributed by atoms with Crippen LogP contribution >= 0.6 is 11.3 Å². The molecule has 27 heavy (non-hydrogen) atoms. The van der Waals surface area contributed by atoms with Crippen LogP contribution in [0.4, 0.5) is 26.3 Å². The molecular weight excluding hydrogens is 402 g/mol. The Bertz CT molecular complexity index is 898. The lowest BCUT2D eigenvalue weighted by Crippen LogP contribution is -2.28. The molecular formula is C14H12F6N4O2S. The van der Waals surface area contributed by atoms with Crippen molar-refractivity contribution >= 4 is 22.2 Å². The van der Waals surface area contributed by atoms with Crippen LogP contribution in [0.3, 0.4) is 0 Å². The third-order valence-electron chi connectivity index (χ3n) is 3.68. The van der Waals surface area contributed by atoms with E-state index in [9.17, 15) is 31.1 Å². The van der Waals surface area contributed by atoms with Crippen LogP contribution in [0.1, 0.15) is 22.8 Å². The number of rotatable bonds is 5. The third-order valence-corrected chi connectivity index (χ3v) is 4.56. The van der Waals surface area contributed by atoms with Crippen LogP contribution in [0.25, 0.3) is 4.96 Å². The number of nitrogens with zero attached hydrogens (tertiary/aromatic N) is 4. The van der Waals surface area contributed by atoms with Gasteiger partial charge in [0.25, 0.3) is 0 Å². The first kappa shape index (κ1) is 19.6. The SMILES string of the molecule is COCc1nn2c(CN3CC(CC(F)(F)F)=CC3=O)c(C(F)(F)F)nc2s1. The van der Waals surface area contributed by atoms with Crippen molar-refractivity contribution < 1.29 is 35.9 Å². The second-order valence-electron chi connectivity index (χ2n) is 5.82. The van der Waals surface area contributed by atoms with E-state index in [4.69, 9.17) is 4.74 Å². The fourth-order valence-electron chi connectivity index (χ4n) is 2.69. The van der Waals surface area contributed by atoms with E-state index in [1.54, 1.807) is 0 Å². The Kier molecular flexibility index (Phi) is 4.93. The first-order valence-electron chi connectivity index (χ1n) is 7.46. The third kappa shape index (κ3) is 4.24. The molecule has 2 aromatic heterocycles. The van der Waals surface area contributed by atoms with Crippen molar-refractivity contribution in [3.63, 3.8) is 0 Å². The van der Waals surface area contributed by atoms with Gasteiger partial charge in [-0.15, -0.1) is 0 Å². The summed E-state index contributed by atoms with van der Waals surface area (Å²) in [5, 5.41) is 4.37. The molecule has 0 unspecified atom stereocenters. The lowest BCUT2D eigenvalue weighted by atomic mass is 10.2. The van der Waals surface area contributed by atoms with Crippen LogP contribution in [-0.4, -0.2) is 45.2 Å². The van der Waals surface area contributed by atoms with Crippen molar-refractivity contribution in [1.82, 2.24) is 19.5 Å². The molecule has 0 radical (unpaired) electrons. The van der Waals surface area contributed by atoms with Gasteiger partial charge in [-0.25, -0.2) is 9.50 Å². The molecule has 0 aromatic carbocycles. The highest BCUT2D eigenvalue weighted by molar-refractivity contribution is 7.16. The fourth-order valence-corrected chi connectivity index (χ4v) is 3.58. The zero-order valence-electron chi connectivity index (χ0n) is 13.7. The van der Waals surface area contributed by atoms with Crippen LogP contribution in [0.5, 0.6) is 0 Å². The molecule has 1 aliphatic heterocycles. The molecule has 3 rings (SSSR count). The highest BCUT2D eigenvalue weighted by Crippen LogP contribution is 2.35. The van der Waals surface area contributed by atoms with Crippen molar-refractivity contribution in [2.75, 3.05) is 13.7 Å². The predicted octanol–water partition coefficient (Wildman–Crippen LogP) is 3.18. The Morgan fingerprint density at radius 1 is 1.26 bits per heavy atom. The highest BCUT2D eigenvalue weighted by atomic mass is 32.1. The Morgan fingerprint density at radius 3 is 2.56 bits per heavy atom. The summed E-state index contributed by atoms with van der Waals surface area (Å²) in [6.07, 6.45) is -9.80. The number of hydrogen-bond acceptors (Lipinski definition) is 5. The Balaban J connectivity index is 1.90. The first-order valence-corrected chi connectivity index (χ1v) is 8.28. The zero-order valence-corrected chi connectivity index (χ0v) is 14.5. The van der Waals surface area contributed by atoms with Crippen LogP contribution in [0.15, 0.2) is 11.6 Å². The lowest BCUT2D eigenvalue weighted by molar-refractivity contribution is -0.142. The Hall–Kier alpha value is -2.15. The molecule has 0 aliphatic carbocycles. The average molecular weight is 414 g/mol. The minimum Gasteiger partial charge on any atom is -0.377 e. The summed E-state index contributed by atoms with van der Waals surface area (Å²) in [7, 11) is 1.39. The topological polar surface area (TPSA) is 59.7 Å². The van der Waals surface area contributed by atoms with Gasteiger partial charge in [-0.05, 0) is 5.57 Å². The predicted molar refractivity (Wildman–Crippen MR) is 80.8 cm³/mol.